The molecule has 0 aromatic carbocycles. The Morgan fingerprint density at radius 1 is 0.800 bits per heavy atom. The van der Waals surface area contributed by atoms with E-state index in [-0.39, 0.29) is 0 Å². The fraction of sp³-hybridized carbons (Fsp3) is 0.500. The van der Waals surface area contributed by atoms with Gasteiger partial charge < -0.3 is 0 Å². The molecule has 0 amide bonds. The maximum atomic E-state index is 4.55. The van der Waals surface area contributed by atoms with Crippen LogP contribution in [0.15, 0.2) is 16.8 Å². The summed E-state index contributed by atoms with van der Waals surface area (Å²) >= 11 is 0. The van der Waals surface area contributed by atoms with E-state index in [0.717, 1.165) is 11.4 Å². The molecule has 3 heteroatoms. The van der Waals surface area contributed by atoms with E-state index in [1.165, 1.54) is 0 Å². The van der Waals surface area contributed by atoms with Gasteiger partial charge in [-0.2, -0.15) is 0 Å². The van der Waals surface area contributed by atoms with Crippen molar-refractivity contribution in [2.45, 2.75) is 41.5 Å². The molecule has 86 valence electrons. The predicted octanol–water partition coefficient (Wildman–Crippen LogP) is 4.19. The first-order valence-electron chi connectivity index (χ1n) is 5.46. The molecule has 3 nitrogen and oxygen atoms in total. The molecule has 0 N–H and O–H groups in total. The summed E-state index contributed by atoms with van der Waals surface area (Å²) in [4.78, 5) is 0. The number of hydrogen-bond donors (Lipinski definition) is 0. The fourth-order valence-corrected chi connectivity index (χ4v) is 0.749. The van der Waals surface area contributed by atoms with Crippen molar-refractivity contribution < 1.29 is 4.63 Å². The molecule has 0 aliphatic carbocycles. The first-order chi connectivity index (χ1) is 7.38. The molecule has 0 unspecified atom stereocenters. The Labute approximate surface area is 92.8 Å². The van der Waals surface area contributed by atoms with Gasteiger partial charge in [-0.1, -0.05) is 39.8 Å². The molecule has 15 heavy (non-hydrogen) atoms. The zero-order chi connectivity index (χ0) is 12.1. The molecule has 0 aliphatic heterocycles. The lowest BCUT2D eigenvalue weighted by atomic mass is 10.3. The smallest absolute Gasteiger partial charge is 0.134 e. The summed E-state index contributed by atoms with van der Waals surface area (Å²) in [5.41, 5.74) is 1.54. The topological polar surface area (TPSA) is 38.9 Å². The van der Waals surface area contributed by atoms with Gasteiger partial charge in [0.15, 0.2) is 0 Å². The van der Waals surface area contributed by atoms with Crippen LogP contribution in [0.25, 0.3) is 12.2 Å². The summed E-state index contributed by atoms with van der Waals surface area (Å²) in [6, 6.07) is 0. The highest BCUT2D eigenvalue weighted by atomic mass is 16.6. The number of allylic oxidation sites excluding steroid dienone is 2. The van der Waals surface area contributed by atoms with E-state index in [0.29, 0.717) is 0 Å². The van der Waals surface area contributed by atoms with Crippen molar-refractivity contribution in [2.24, 2.45) is 0 Å². The van der Waals surface area contributed by atoms with Crippen LogP contribution in [0.1, 0.15) is 52.9 Å². The first-order valence-corrected chi connectivity index (χ1v) is 5.46. The predicted molar refractivity (Wildman–Crippen MR) is 66.4 cm³/mol. The van der Waals surface area contributed by atoms with Crippen molar-refractivity contribution >= 4 is 12.2 Å². The van der Waals surface area contributed by atoms with Gasteiger partial charge in [-0.3, -0.25) is 0 Å². The zero-order valence-electron chi connectivity index (χ0n) is 10.6. The molecule has 0 fully saturated rings. The van der Waals surface area contributed by atoms with Crippen LogP contribution in [0.5, 0.6) is 0 Å². The van der Waals surface area contributed by atoms with E-state index in [4.69, 9.17) is 0 Å². The Bertz CT molecular complexity index is 248. The van der Waals surface area contributed by atoms with E-state index in [1.54, 1.807) is 0 Å². The third kappa shape index (κ3) is 6.66. The highest BCUT2D eigenvalue weighted by molar-refractivity contribution is 5.57. The van der Waals surface area contributed by atoms with Crippen LogP contribution in [0.2, 0.25) is 0 Å². The minimum absolute atomic E-state index is 0.769. The maximum absolute atomic E-state index is 4.55. The monoisotopic (exact) mass is 210 g/mol. The normalized spacial score (nSPS) is 9.47. The Hall–Kier alpha value is -1.38. The highest BCUT2D eigenvalue weighted by Crippen LogP contribution is 2.06. The number of rotatable bonds is 2. The molecule has 0 atom stereocenters. The Kier molecular flexibility index (Phi) is 13.5. The highest BCUT2D eigenvalue weighted by Gasteiger charge is 2.00. The fourth-order valence-electron chi connectivity index (χ4n) is 0.749. The van der Waals surface area contributed by atoms with Gasteiger partial charge in [0.25, 0.3) is 0 Å². The summed E-state index contributed by atoms with van der Waals surface area (Å²) in [7, 11) is 0. The molecule has 0 spiro atoms. The van der Waals surface area contributed by atoms with Crippen molar-refractivity contribution in [1.29, 1.82) is 0 Å². The van der Waals surface area contributed by atoms with Gasteiger partial charge >= 0.3 is 0 Å². The van der Waals surface area contributed by atoms with Crippen LogP contribution in [0, 0.1) is 0 Å². The average Bonchev–Trinajstić information content (AvgIpc) is 2.73. The van der Waals surface area contributed by atoms with Crippen LogP contribution in [-0.2, 0) is 0 Å². The van der Waals surface area contributed by atoms with E-state index in [9.17, 15) is 0 Å². The molecule has 0 saturated carbocycles. The van der Waals surface area contributed by atoms with Crippen molar-refractivity contribution in [1.82, 2.24) is 10.3 Å². The number of aromatic nitrogens is 2. The Morgan fingerprint density at radius 2 is 1.13 bits per heavy atom. The quantitative estimate of drug-likeness (QED) is 0.734. The van der Waals surface area contributed by atoms with E-state index in [1.807, 2.05) is 65.8 Å². The van der Waals surface area contributed by atoms with Crippen molar-refractivity contribution in [2.75, 3.05) is 0 Å². The van der Waals surface area contributed by atoms with Crippen LogP contribution >= 0.6 is 0 Å². The molecule has 1 aromatic rings. The minimum atomic E-state index is 0.769. The summed E-state index contributed by atoms with van der Waals surface area (Å²) in [5.74, 6) is 0. The van der Waals surface area contributed by atoms with E-state index >= 15 is 0 Å². The molecular formula is C12H22N2O. The van der Waals surface area contributed by atoms with Crippen molar-refractivity contribution in [3.05, 3.63) is 23.5 Å². The molecule has 1 rings (SSSR count). The van der Waals surface area contributed by atoms with Gasteiger partial charge in [0.1, 0.15) is 11.4 Å². The van der Waals surface area contributed by atoms with Gasteiger partial charge in [0.2, 0.25) is 0 Å². The minimum Gasteiger partial charge on any atom is -0.243 e. The molecule has 0 bridgehead atoms. The Morgan fingerprint density at radius 3 is 1.40 bits per heavy atom. The lowest BCUT2D eigenvalue weighted by Gasteiger charge is -1.81. The molecular weight excluding hydrogens is 188 g/mol. The van der Waals surface area contributed by atoms with Crippen LogP contribution in [-0.4, -0.2) is 10.3 Å². The van der Waals surface area contributed by atoms with Crippen LogP contribution < -0.4 is 0 Å². The molecule has 0 saturated heterocycles. The number of hydrogen-bond acceptors (Lipinski definition) is 3. The second-order valence-corrected chi connectivity index (χ2v) is 2.03. The second-order valence-electron chi connectivity index (χ2n) is 2.03. The molecule has 1 heterocycles. The average molecular weight is 210 g/mol. The lowest BCUT2D eigenvalue weighted by molar-refractivity contribution is 0.305. The number of nitrogens with zero attached hydrogens (tertiary/aromatic N) is 2. The largest absolute Gasteiger partial charge is 0.243 e. The Balaban J connectivity index is 0. The van der Waals surface area contributed by atoms with Gasteiger partial charge in [0.05, 0.1) is 0 Å². The molecule has 0 aliphatic rings. The SMILES string of the molecule is C/C=C\c1nonc1/C=C\C.CC.CC. The first kappa shape index (κ1) is 16.1. The summed E-state index contributed by atoms with van der Waals surface area (Å²) in [6.07, 6.45) is 7.50. The van der Waals surface area contributed by atoms with Crippen molar-refractivity contribution in [3.8, 4) is 0 Å². The molecule has 0 radical (unpaired) electrons. The molecule has 1 aromatic heterocycles. The van der Waals surface area contributed by atoms with Gasteiger partial charge in [0, 0.05) is 0 Å². The second kappa shape index (κ2) is 12.6. The third-order valence-corrected chi connectivity index (χ3v) is 1.19. The summed E-state index contributed by atoms with van der Waals surface area (Å²) < 4.78 is 4.55. The standard InChI is InChI=1S/C8H10N2O.2C2H6/c1-3-5-7-8(6-4-2)10-11-9-7;2*1-2/h3-6H,1-2H3;2*1-2H3/b5-3-,6-4-;;. The lowest BCUT2D eigenvalue weighted by Crippen LogP contribution is -1.75. The summed E-state index contributed by atoms with van der Waals surface area (Å²) in [5, 5.41) is 7.40. The zero-order valence-corrected chi connectivity index (χ0v) is 10.6. The van der Waals surface area contributed by atoms with E-state index < -0.39 is 0 Å². The van der Waals surface area contributed by atoms with Gasteiger partial charge in [-0.05, 0) is 36.3 Å². The van der Waals surface area contributed by atoms with Gasteiger partial charge in [-0.25, -0.2) is 4.63 Å². The maximum Gasteiger partial charge on any atom is 0.134 e. The van der Waals surface area contributed by atoms with Crippen LogP contribution in [0.4, 0.5) is 0 Å². The van der Waals surface area contributed by atoms with Crippen LogP contribution in [0.3, 0.4) is 0 Å². The van der Waals surface area contributed by atoms with Crippen molar-refractivity contribution in [3.63, 3.8) is 0 Å². The van der Waals surface area contributed by atoms with E-state index in [2.05, 4.69) is 14.9 Å². The van der Waals surface area contributed by atoms with Gasteiger partial charge in [-0.15, -0.1) is 0 Å². The summed E-state index contributed by atoms with van der Waals surface area (Å²) in [6.45, 7) is 11.8. The third-order valence-electron chi connectivity index (χ3n) is 1.19.